The van der Waals surface area contributed by atoms with Gasteiger partial charge in [-0.15, -0.1) is 0 Å². The van der Waals surface area contributed by atoms with Crippen LogP contribution in [0.1, 0.15) is 18.7 Å². The summed E-state index contributed by atoms with van der Waals surface area (Å²) in [4.78, 5) is 24.4. The van der Waals surface area contributed by atoms with Crippen LogP contribution in [0.5, 0.6) is 0 Å². The van der Waals surface area contributed by atoms with Crippen LogP contribution in [0.3, 0.4) is 0 Å². The smallest absolute Gasteiger partial charge is 0.324 e. The van der Waals surface area contributed by atoms with Gasteiger partial charge in [0.05, 0.1) is 11.5 Å². The molecule has 0 fully saturated rings. The molecule has 0 spiro atoms. The van der Waals surface area contributed by atoms with Gasteiger partial charge in [-0.05, 0) is 19.9 Å². The molecule has 0 aromatic carbocycles. The van der Waals surface area contributed by atoms with E-state index in [-0.39, 0.29) is 17.5 Å². The molecule has 1 N–H and O–H groups in total. The Bertz CT molecular complexity index is 415. The quantitative estimate of drug-likeness (QED) is 0.604. The average molecular weight is 271 g/mol. The Morgan fingerprint density at radius 3 is 2.61 bits per heavy atom. The van der Waals surface area contributed by atoms with Crippen molar-refractivity contribution in [3.8, 4) is 0 Å². The summed E-state index contributed by atoms with van der Waals surface area (Å²) in [5.74, 6) is 0.0473. The van der Waals surface area contributed by atoms with Crippen LogP contribution in [-0.2, 0) is 11.3 Å². The molecule has 100 valence electrons. The molecule has 0 radical (unpaired) electrons. The summed E-state index contributed by atoms with van der Waals surface area (Å²) in [6.45, 7) is 6.00. The Morgan fingerprint density at radius 2 is 2.11 bits per heavy atom. The van der Waals surface area contributed by atoms with E-state index < -0.39 is 4.92 Å². The van der Waals surface area contributed by atoms with Crippen molar-refractivity contribution in [3.05, 3.63) is 27.1 Å². The first-order valence-corrected chi connectivity index (χ1v) is 6.61. The highest BCUT2D eigenvalue weighted by atomic mass is 32.1. The summed E-state index contributed by atoms with van der Waals surface area (Å²) in [6, 6.07) is 3.19. The van der Waals surface area contributed by atoms with Crippen molar-refractivity contribution in [2.45, 2.75) is 20.4 Å². The first kappa shape index (κ1) is 14.6. The zero-order valence-electron chi connectivity index (χ0n) is 10.5. The number of rotatable bonds is 7. The van der Waals surface area contributed by atoms with Crippen LogP contribution in [-0.4, -0.2) is 35.4 Å². The third kappa shape index (κ3) is 4.08. The number of hydrogen-bond acceptors (Lipinski definition) is 5. The first-order valence-electron chi connectivity index (χ1n) is 5.80. The highest BCUT2D eigenvalue weighted by molar-refractivity contribution is 7.15. The van der Waals surface area contributed by atoms with Gasteiger partial charge in [0.15, 0.2) is 0 Å². The number of hydrogen-bond donors (Lipinski definition) is 1. The summed E-state index contributed by atoms with van der Waals surface area (Å²) < 4.78 is 0. The second kappa shape index (κ2) is 7.07. The number of carbonyl (C=O) groups is 1. The molecule has 0 aliphatic heterocycles. The van der Waals surface area contributed by atoms with Gasteiger partial charge in [0.2, 0.25) is 5.91 Å². The second-order valence-electron chi connectivity index (χ2n) is 3.67. The molecule has 1 amide bonds. The van der Waals surface area contributed by atoms with Crippen LogP contribution in [0.4, 0.5) is 5.00 Å². The molecule has 0 bridgehead atoms. The van der Waals surface area contributed by atoms with Crippen molar-refractivity contribution < 1.29 is 9.72 Å². The highest BCUT2D eigenvalue weighted by Crippen LogP contribution is 2.23. The number of nitrogens with one attached hydrogen (secondary N) is 1. The lowest BCUT2D eigenvalue weighted by molar-refractivity contribution is -0.380. The lowest BCUT2D eigenvalue weighted by Gasteiger charge is -2.18. The van der Waals surface area contributed by atoms with E-state index in [9.17, 15) is 14.9 Å². The highest BCUT2D eigenvalue weighted by Gasteiger charge is 2.11. The molecule has 1 aromatic heterocycles. The maximum absolute atomic E-state index is 11.7. The van der Waals surface area contributed by atoms with Gasteiger partial charge in [0.25, 0.3) is 0 Å². The van der Waals surface area contributed by atoms with Crippen LogP contribution in [0, 0.1) is 10.1 Å². The summed E-state index contributed by atoms with van der Waals surface area (Å²) >= 11 is 1.13. The van der Waals surface area contributed by atoms with Crippen LogP contribution in [0.2, 0.25) is 0 Å². The summed E-state index contributed by atoms with van der Waals surface area (Å²) in [5, 5.41) is 13.6. The van der Waals surface area contributed by atoms with Gasteiger partial charge < -0.3 is 10.2 Å². The predicted molar refractivity (Wildman–Crippen MR) is 70.6 cm³/mol. The minimum absolute atomic E-state index is 0.0473. The Balaban J connectivity index is 2.37. The molecule has 0 atom stereocenters. The van der Waals surface area contributed by atoms with E-state index >= 15 is 0 Å². The Labute approximate surface area is 110 Å². The van der Waals surface area contributed by atoms with E-state index in [2.05, 4.69) is 5.32 Å². The van der Waals surface area contributed by atoms with E-state index in [1.54, 1.807) is 11.0 Å². The van der Waals surface area contributed by atoms with Crippen molar-refractivity contribution in [1.82, 2.24) is 10.2 Å². The first-order chi connectivity index (χ1) is 8.58. The van der Waals surface area contributed by atoms with Crippen LogP contribution >= 0.6 is 11.3 Å². The Kier molecular flexibility index (Phi) is 5.73. The van der Waals surface area contributed by atoms with Gasteiger partial charge in [-0.25, -0.2) is 0 Å². The normalized spacial score (nSPS) is 10.3. The molecular weight excluding hydrogens is 254 g/mol. The minimum atomic E-state index is -0.408. The fraction of sp³-hybridized carbons (Fsp3) is 0.545. The Hall–Kier alpha value is -1.47. The van der Waals surface area contributed by atoms with Gasteiger partial charge >= 0.3 is 5.00 Å². The number of thiophene rings is 1. The molecule has 18 heavy (non-hydrogen) atoms. The van der Waals surface area contributed by atoms with Crippen LogP contribution < -0.4 is 5.32 Å². The fourth-order valence-electron chi connectivity index (χ4n) is 1.54. The molecule has 1 heterocycles. The van der Waals surface area contributed by atoms with Gasteiger partial charge in [0.1, 0.15) is 0 Å². The largest absolute Gasteiger partial charge is 0.342 e. The van der Waals surface area contributed by atoms with Gasteiger partial charge in [-0.2, -0.15) is 0 Å². The molecular formula is C11H17N3O3S. The van der Waals surface area contributed by atoms with E-state index in [0.717, 1.165) is 16.2 Å². The van der Waals surface area contributed by atoms with Crippen molar-refractivity contribution in [2.24, 2.45) is 0 Å². The summed E-state index contributed by atoms with van der Waals surface area (Å²) in [7, 11) is 0. The standard InChI is InChI=1S/C11H17N3O3S/c1-3-13(4-2)10(15)8-12-7-9-5-6-11(18-9)14(16)17/h5-6,12H,3-4,7-8H2,1-2H3. The molecule has 1 aromatic rings. The van der Waals surface area contributed by atoms with Gasteiger partial charge in [-0.1, -0.05) is 11.3 Å². The number of carbonyl (C=O) groups excluding carboxylic acids is 1. The molecule has 0 saturated carbocycles. The summed E-state index contributed by atoms with van der Waals surface area (Å²) in [5.41, 5.74) is 0. The van der Waals surface area contributed by atoms with Gasteiger partial charge in [0, 0.05) is 30.6 Å². The van der Waals surface area contributed by atoms with Crippen molar-refractivity contribution >= 4 is 22.2 Å². The molecule has 0 unspecified atom stereocenters. The van der Waals surface area contributed by atoms with Gasteiger partial charge in [-0.3, -0.25) is 14.9 Å². The van der Waals surface area contributed by atoms with Crippen molar-refractivity contribution in [2.75, 3.05) is 19.6 Å². The molecule has 1 rings (SSSR count). The minimum Gasteiger partial charge on any atom is -0.342 e. The zero-order chi connectivity index (χ0) is 13.5. The van der Waals surface area contributed by atoms with Crippen LogP contribution in [0.15, 0.2) is 12.1 Å². The lowest BCUT2D eigenvalue weighted by Crippen LogP contribution is -2.37. The molecule has 7 heteroatoms. The van der Waals surface area contributed by atoms with E-state index in [4.69, 9.17) is 0 Å². The van der Waals surface area contributed by atoms with Crippen LogP contribution in [0.25, 0.3) is 0 Å². The topological polar surface area (TPSA) is 75.5 Å². The number of amides is 1. The van der Waals surface area contributed by atoms with Crippen molar-refractivity contribution in [1.29, 1.82) is 0 Å². The maximum atomic E-state index is 11.7. The van der Waals surface area contributed by atoms with E-state index in [1.807, 2.05) is 13.8 Å². The molecule has 6 nitrogen and oxygen atoms in total. The van der Waals surface area contributed by atoms with E-state index in [1.165, 1.54) is 6.07 Å². The summed E-state index contributed by atoms with van der Waals surface area (Å²) in [6.07, 6.45) is 0. The lowest BCUT2D eigenvalue weighted by atomic mass is 10.4. The number of nitro groups is 1. The molecule has 0 aliphatic rings. The predicted octanol–water partition coefficient (Wildman–Crippen LogP) is 1.61. The third-order valence-electron chi connectivity index (χ3n) is 2.52. The van der Waals surface area contributed by atoms with Crippen molar-refractivity contribution in [3.63, 3.8) is 0 Å². The zero-order valence-corrected chi connectivity index (χ0v) is 11.3. The molecule has 0 aliphatic carbocycles. The number of likely N-dealkylation sites (N-methyl/N-ethyl adjacent to an activating group) is 1. The SMILES string of the molecule is CCN(CC)C(=O)CNCc1ccc([N+](=O)[O-])s1. The van der Waals surface area contributed by atoms with E-state index in [0.29, 0.717) is 19.6 Å². The molecule has 0 saturated heterocycles. The second-order valence-corrected chi connectivity index (χ2v) is 4.81. The number of nitrogens with zero attached hydrogens (tertiary/aromatic N) is 2. The maximum Gasteiger partial charge on any atom is 0.324 e. The average Bonchev–Trinajstić information content (AvgIpc) is 2.79. The monoisotopic (exact) mass is 271 g/mol. The fourth-order valence-corrected chi connectivity index (χ4v) is 2.33. The Morgan fingerprint density at radius 1 is 1.44 bits per heavy atom. The third-order valence-corrected chi connectivity index (χ3v) is 3.56.